The van der Waals surface area contributed by atoms with Gasteiger partial charge in [0.15, 0.2) is 5.78 Å². The molecule has 1 atom stereocenters. The first-order valence-electron chi connectivity index (χ1n) is 3.24. The molecule has 1 nitrogen and oxygen atoms in total. The minimum atomic E-state index is -0.227. The maximum Gasteiger partial charge on any atom is 0.151 e. The van der Waals surface area contributed by atoms with Gasteiger partial charge >= 0.3 is 0 Å². The Morgan fingerprint density at radius 2 is 1.90 bits per heavy atom. The SMILES string of the molecule is C[C@@H](SS)C(=O)C(C)(C)C. The summed E-state index contributed by atoms with van der Waals surface area (Å²) in [7, 11) is 1.30. The molecule has 0 saturated carbocycles. The highest BCUT2D eigenvalue weighted by Crippen LogP contribution is 2.25. The molecule has 0 unspecified atom stereocenters. The summed E-state index contributed by atoms with van der Waals surface area (Å²) in [4.78, 5) is 11.3. The van der Waals surface area contributed by atoms with E-state index >= 15 is 0 Å². The molecule has 0 amide bonds. The quantitative estimate of drug-likeness (QED) is 0.517. The summed E-state index contributed by atoms with van der Waals surface area (Å²) >= 11 is 3.98. The molecule has 0 heterocycles. The van der Waals surface area contributed by atoms with Crippen LogP contribution in [0.3, 0.4) is 0 Å². The van der Waals surface area contributed by atoms with Crippen molar-refractivity contribution in [3.63, 3.8) is 0 Å². The van der Waals surface area contributed by atoms with Crippen molar-refractivity contribution < 1.29 is 4.79 Å². The molecule has 10 heavy (non-hydrogen) atoms. The molecule has 0 N–H and O–H groups in total. The lowest BCUT2D eigenvalue weighted by molar-refractivity contribution is -0.125. The van der Waals surface area contributed by atoms with Crippen LogP contribution in [0.2, 0.25) is 0 Å². The van der Waals surface area contributed by atoms with Gasteiger partial charge in [-0.05, 0) is 6.92 Å². The van der Waals surface area contributed by atoms with Crippen molar-refractivity contribution in [1.82, 2.24) is 0 Å². The second-order valence-electron chi connectivity index (χ2n) is 3.36. The van der Waals surface area contributed by atoms with Crippen molar-refractivity contribution in [2.24, 2.45) is 5.41 Å². The van der Waals surface area contributed by atoms with Gasteiger partial charge in [0.1, 0.15) is 0 Å². The van der Waals surface area contributed by atoms with Crippen LogP contribution in [-0.4, -0.2) is 11.0 Å². The largest absolute Gasteiger partial charge is 0.298 e. The minimum Gasteiger partial charge on any atom is -0.298 e. The molecular weight excluding hydrogens is 164 g/mol. The summed E-state index contributed by atoms with van der Waals surface area (Å²) in [5.41, 5.74) is -0.227. The molecule has 0 saturated heterocycles. The Morgan fingerprint density at radius 1 is 1.50 bits per heavy atom. The molecule has 0 aliphatic heterocycles. The predicted octanol–water partition coefficient (Wildman–Crippen LogP) is 2.57. The van der Waals surface area contributed by atoms with Crippen molar-refractivity contribution in [3.8, 4) is 0 Å². The van der Waals surface area contributed by atoms with Crippen LogP contribution < -0.4 is 0 Å². The highest BCUT2D eigenvalue weighted by Gasteiger charge is 2.25. The Hall–Kier alpha value is 0.370. The van der Waals surface area contributed by atoms with Gasteiger partial charge in [-0.2, -0.15) is 0 Å². The average molecular weight is 178 g/mol. The van der Waals surface area contributed by atoms with E-state index in [9.17, 15) is 4.79 Å². The fourth-order valence-electron chi connectivity index (χ4n) is 0.658. The lowest BCUT2D eigenvalue weighted by Crippen LogP contribution is -2.27. The Morgan fingerprint density at radius 3 is 2.00 bits per heavy atom. The molecule has 0 aliphatic carbocycles. The fourth-order valence-corrected chi connectivity index (χ4v) is 1.39. The van der Waals surface area contributed by atoms with E-state index in [1.807, 2.05) is 27.7 Å². The van der Waals surface area contributed by atoms with E-state index in [2.05, 4.69) is 11.7 Å². The number of rotatable bonds is 2. The number of carbonyl (C=O) groups is 1. The number of carbonyl (C=O) groups excluding carboxylic acids is 1. The van der Waals surface area contributed by atoms with Crippen LogP contribution in [0.25, 0.3) is 0 Å². The lowest BCUT2D eigenvalue weighted by Gasteiger charge is -2.19. The van der Waals surface area contributed by atoms with Crippen molar-refractivity contribution in [1.29, 1.82) is 0 Å². The van der Waals surface area contributed by atoms with E-state index < -0.39 is 0 Å². The van der Waals surface area contributed by atoms with E-state index in [0.717, 1.165) is 0 Å². The highest BCUT2D eigenvalue weighted by atomic mass is 33.1. The summed E-state index contributed by atoms with van der Waals surface area (Å²) in [6.45, 7) is 7.66. The zero-order valence-corrected chi connectivity index (χ0v) is 8.55. The molecule has 0 aromatic heterocycles. The van der Waals surface area contributed by atoms with Crippen LogP contribution in [0, 0.1) is 5.41 Å². The first kappa shape index (κ1) is 10.4. The van der Waals surface area contributed by atoms with Crippen molar-refractivity contribution in [3.05, 3.63) is 0 Å². The van der Waals surface area contributed by atoms with Gasteiger partial charge in [0, 0.05) is 5.41 Å². The van der Waals surface area contributed by atoms with Gasteiger partial charge in [0.25, 0.3) is 0 Å². The van der Waals surface area contributed by atoms with Crippen LogP contribution >= 0.6 is 22.5 Å². The molecule has 0 spiro atoms. The summed E-state index contributed by atoms with van der Waals surface area (Å²) in [5.74, 6) is 0.257. The molecular formula is C7H14OS2. The van der Waals surface area contributed by atoms with Gasteiger partial charge in [0.05, 0.1) is 5.25 Å². The lowest BCUT2D eigenvalue weighted by atomic mass is 9.89. The van der Waals surface area contributed by atoms with Crippen LogP contribution in [0.1, 0.15) is 27.7 Å². The summed E-state index contributed by atoms with van der Waals surface area (Å²) in [6, 6.07) is 0. The van der Waals surface area contributed by atoms with Gasteiger partial charge in [0.2, 0.25) is 0 Å². The number of hydrogen-bond acceptors (Lipinski definition) is 3. The van der Waals surface area contributed by atoms with Crippen molar-refractivity contribution in [2.75, 3.05) is 0 Å². The molecule has 0 aromatic carbocycles. The first-order chi connectivity index (χ1) is 4.39. The Balaban J connectivity index is 4.09. The highest BCUT2D eigenvalue weighted by molar-refractivity contribution is 8.69. The van der Waals surface area contributed by atoms with Crippen LogP contribution in [-0.2, 0) is 4.79 Å². The van der Waals surface area contributed by atoms with E-state index in [4.69, 9.17) is 0 Å². The topological polar surface area (TPSA) is 17.1 Å². The third-order valence-electron chi connectivity index (χ3n) is 1.27. The molecule has 0 rings (SSSR count). The van der Waals surface area contributed by atoms with Gasteiger partial charge in [-0.15, -0.1) is 11.7 Å². The third kappa shape index (κ3) is 2.97. The van der Waals surface area contributed by atoms with E-state index in [-0.39, 0.29) is 16.4 Å². The third-order valence-corrected chi connectivity index (χ3v) is 2.75. The first-order valence-corrected chi connectivity index (χ1v) is 5.17. The zero-order valence-electron chi connectivity index (χ0n) is 6.84. The average Bonchev–Trinajstić information content (AvgIpc) is 1.83. The molecule has 0 bridgehead atoms. The fraction of sp³-hybridized carbons (Fsp3) is 0.857. The van der Waals surface area contributed by atoms with Gasteiger partial charge in [-0.25, -0.2) is 0 Å². The summed E-state index contributed by atoms with van der Waals surface area (Å²) in [5, 5.41) is 0.00309. The van der Waals surface area contributed by atoms with Gasteiger partial charge < -0.3 is 0 Å². The maximum atomic E-state index is 11.3. The molecule has 60 valence electrons. The van der Waals surface area contributed by atoms with Crippen LogP contribution in [0.5, 0.6) is 0 Å². The Bertz CT molecular complexity index is 126. The zero-order chi connectivity index (χ0) is 8.36. The van der Waals surface area contributed by atoms with E-state index in [0.29, 0.717) is 0 Å². The molecule has 0 radical (unpaired) electrons. The molecule has 0 aromatic rings. The second-order valence-corrected chi connectivity index (χ2v) is 4.91. The number of Topliss-reactive ketones (excluding diaryl/α,β-unsaturated/α-hetero) is 1. The number of thiol groups is 1. The Labute approximate surface area is 71.8 Å². The smallest absolute Gasteiger partial charge is 0.151 e. The van der Waals surface area contributed by atoms with E-state index in [1.165, 1.54) is 10.8 Å². The van der Waals surface area contributed by atoms with Gasteiger partial charge in [-0.1, -0.05) is 31.6 Å². The predicted molar refractivity (Wildman–Crippen MR) is 50.5 cm³/mol. The standard InChI is InChI=1S/C7H14OS2/c1-5(10-9)6(8)7(2,3)4/h5,9H,1-4H3/t5-/m1/s1. The maximum absolute atomic E-state index is 11.3. The second kappa shape index (κ2) is 3.67. The summed E-state index contributed by atoms with van der Waals surface area (Å²) < 4.78 is 0. The molecule has 0 aliphatic rings. The molecule has 0 fully saturated rings. The van der Waals surface area contributed by atoms with Crippen molar-refractivity contribution in [2.45, 2.75) is 32.9 Å². The number of ketones is 1. The monoisotopic (exact) mass is 178 g/mol. The normalized spacial score (nSPS) is 14.9. The van der Waals surface area contributed by atoms with Crippen LogP contribution in [0.15, 0.2) is 0 Å². The number of hydrogen-bond donors (Lipinski definition) is 1. The van der Waals surface area contributed by atoms with Crippen molar-refractivity contribution >= 4 is 28.2 Å². The van der Waals surface area contributed by atoms with E-state index in [1.54, 1.807) is 0 Å². The van der Waals surface area contributed by atoms with Crippen LogP contribution in [0.4, 0.5) is 0 Å². The minimum absolute atomic E-state index is 0.00309. The van der Waals surface area contributed by atoms with Gasteiger partial charge in [-0.3, -0.25) is 4.79 Å². The Kier molecular flexibility index (Phi) is 3.81. The molecule has 3 heteroatoms. The summed E-state index contributed by atoms with van der Waals surface area (Å²) in [6.07, 6.45) is 0.